The number of anilines is 1. The number of hydrogen-bond acceptors (Lipinski definition) is 6. The van der Waals surface area contributed by atoms with Gasteiger partial charge in [0, 0.05) is 17.2 Å². The SMILES string of the molecule is COC(=O)C[C@H]1C[C@H]2c3cc(N)ccc3O[C@H]2[C@H](CO)O1. The molecule has 0 aliphatic carbocycles. The Labute approximate surface area is 122 Å². The molecule has 1 aromatic carbocycles. The van der Waals surface area contributed by atoms with Gasteiger partial charge in [-0.3, -0.25) is 4.79 Å². The Morgan fingerprint density at radius 2 is 2.33 bits per heavy atom. The molecule has 0 spiro atoms. The normalized spacial score (nSPS) is 30.2. The molecular weight excluding hydrogens is 274 g/mol. The van der Waals surface area contributed by atoms with Crippen molar-refractivity contribution in [2.45, 2.75) is 37.1 Å². The molecular formula is C15H19NO5. The molecule has 0 unspecified atom stereocenters. The topological polar surface area (TPSA) is 91.0 Å². The Kier molecular flexibility index (Phi) is 3.73. The summed E-state index contributed by atoms with van der Waals surface area (Å²) < 4.78 is 16.4. The first kappa shape index (κ1) is 14.2. The van der Waals surface area contributed by atoms with Crippen LogP contribution in [0.15, 0.2) is 18.2 Å². The highest BCUT2D eigenvalue weighted by Gasteiger charge is 2.46. The maximum Gasteiger partial charge on any atom is 0.308 e. The van der Waals surface area contributed by atoms with Crippen LogP contribution in [-0.2, 0) is 14.3 Å². The number of ether oxygens (including phenoxy) is 3. The van der Waals surface area contributed by atoms with Crippen LogP contribution in [0.5, 0.6) is 5.75 Å². The summed E-state index contributed by atoms with van der Waals surface area (Å²) in [5.41, 5.74) is 7.55. The number of benzene rings is 1. The third-order valence-electron chi connectivity index (χ3n) is 4.15. The number of nitrogens with two attached hydrogens (primary N) is 1. The summed E-state index contributed by atoms with van der Waals surface area (Å²) in [5.74, 6) is 0.533. The predicted molar refractivity (Wildman–Crippen MR) is 75.0 cm³/mol. The molecule has 6 heteroatoms. The van der Waals surface area contributed by atoms with Crippen molar-refractivity contribution in [3.63, 3.8) is 0 Å². The summed E-state index contributed by atoms with van der Waals surface area (Å²) in [6.07, 6.45) is -0.153. The van der Waals surface area contributed by atoms with E-state index in [1.54, 1.807) is 6.07 Å². The molecule has 1 aromatic rings. The Morgan fingerprint density at radius 1 is 1.52 bits per heavy atom. The van der Waals surface area contributed by atoms with E-state index in [1.807, 2.05) is 12.1 Å². The Bertz CT molecular complexity index is 547. The third kappa shape index (κ3) is 2.56. The minimum atomic E-state index is -0.452. The molecule has 0 aromatic heterocycles. The standard InChI is InChI=1S/C15H19NO5/c1-19-14(18)6-9-5-11-10-4-8(16)2-3-12(10)21-15(11)13(7-17)20-9/h2-4,9,11,13,15,17H,5-7,16H2,1H3/t9-,11+,13+,15-/m1/s1. The first-order valence-electron chi connectivity index (χ1n) is 7.01. The van der Waals surface area contributed by atoms with E-state index in [9.17, 15) is 9.90 Å². The highest BCUT2D eigenvalue weighted by molar-refractivity contribution is 5.69. The third-order valence-corrected chi connectivity index (χ3v) is 4.15. The number of esters is 1. The molecule has 3 rings (SSSR count). The quantitative estimate of drug-likeness (QED) is 0.633. The van der Waals surface area contributed by atoms with Crippen molar-refractivity contribution in [3.8, 4) is 5.75 Å². The number of aliphatic hydroxyl groups excluding tert-OH is 1. The van der Waals surface area contributed by atoms with Gasteiger partial charge in [0.25, 0.3) is 0 Å². The molecule has 1 saturated heterocycles. The van der Waals surface area contributed by atoms with E-state index in [-0.39, 0.29) is 37.1 Å². The zero-order valence-electron chi connectivity index (χ0n) is 11.8. The van der Waals surface area contributed by atoms with Gasteiger partial charge in [0.2, 0.25) is 0 Å². The van der Waals surface area contributed by atoms with Crippen LogP contribution in [0.3, 0.4) is 0 Å². The van der Waals surface area contributed by atoms with Crippen LogP contribution < -0.4 is 10.5 Å². The van der Waals surface area contributed by atoms with Gasteiger partial charge >= 0.3 is 5.97 Å². The van der Waals surface area contributed by atoms with Crippen molar-refractivity contribution in [2.24, 2.45) is 0 Å². The molecule has 1 fully saturated rings. The van der Waals surface area contributed by atoms with Crippen LogP contribution in [0.25, 0.3) is 0 Å². The van der Waals surface area contributed by atoms with Crippen molar-refractivity contribution in [1.29, 1.82) is 0 Å². The molecule has 4 atom stereocenters. The highest BCUT2D eigenvalue weighted by atomic mass is 16.6. The smallest absolute Gasteiger partial charge is 0.308 e. The van der Waals surface area contributed by atoms with E-state index in [1.165, 1.54) is 7.11 Å². The van der Waals surface area contributed by atoms with Crippen molar-refractivity contribution in [1.82, 2.24) is 0 Å². The zero-order chi connectivity index (χ0) is 15.0. The Morgan fingerprint density at radius 3 is 3.05 bits per heavy atom. The molecule has 2 heterocycles. The molecule has 6 nitrogen and oxygen atoms in total. The molecule has 0 amide bonds. The first-order chi connectivity index (χ1) is 10.1. The second-order valence-corrected chi connectivity index (χ2v) is 5.48. The molecule has 3 N–H and O–H groups in total. The van der Waals surface area contributed by atoms with Gasteiger partial charge in [-0.05, 0) is 24.6 Å². The number of aliphatic hydroxyl groups is 1. The molecule has 21 heavy (non-hydrogen) atoms. The van der Waals surface area contributed by atoms with Gasteiger partial charge < -0.3 is 25.1 Å². The van der Waals surface area contributed by atoms with Gasteiger partial charge in [-0.25, -0.2) is 0 Å². The van der Waals surface area contributed by atoms with Crippen molar-refractivity contribution in [2.75, 3.05) is 19.5 Å². The van der Waals surface area contributed by atoms with Crippen LogP contribution in [-0.4, -0.2) is 43.1 Å². The van der Waals surface area contributed by atoms with Crippen LogP contribution in [0.1, 0.15) is 24.3 Å². The number of fused-ring (bicyclic) bond motifs is 3. The summed E-state index contributed by atoms with van der Waals surface area (Å²) in [6, 6.07) is 5.53. The zero-order valence-corrected chi connectivity index (χ0v) is 11.8. The number of carbonyl (C=O) groups excluding carboxylic acids is 1. The second kappa shape index (κ2) is 5.54. The summed E-state index contributed by atoms with van der Waals surface area (Å²) in [7, 11) is 1.35. The van der Waals surface area contributed by atoms with E-state index in [4.69, 9.17) is 15.2 Å². The van der Waals surface area contributed by atoms with E-state index in [0.717, 1.165) is 11.3 Å². The maximum atomic E-state index is 11.5. The molecule has 2 aliphatic rings. The molecule has 0 saturated carbocycles. The lowest BCUT2D eigenvalue weighted by Crippen LogP contribution is -2.46. The van der Waals surface area contributed by atoms with Crippen LogP contribution in [0.2, 0.25) is 0 Å². The van der Waals surface area contributed by atoms with Gasteiger partial charge in [0.1, 0.15) is 18.0 Å². The number of carbonyl (C=O) groups is 1. The minimum Gasteiger partial charge on any atom is -0.487 e. The van der Waals surface area contributed by atoms with Gasteiger partial charge in [-0.15, -0.1) is 0 Å². The van der Waals surface area contributed by atoms with Gasteiger partial charge in [-0.2, -0.15) is 0 Å². The van der Waals surface area contributed by atoms with E-state index in [2.05, 4.69) is 4.74 Å². The Balaban J connectivity index is 1.85. The van der Waals surface area contributed by atoms with Gasteiger partial charge in [0.15, 0.2) is 0 Å². The van der Waals surface area contributed by atoms with Crippen LogP contribution in [0.4, 0.5) is 5.69 Å². The summed E-state index contributed by atoms with van der Waals surface area (Å²) >= 11 is 0. The number of nitrogen functional groups attached to an aromatic ring is 1. The van der Waals surface area contributed by atoms with Crippen LogP contribution in [0, 0.1) is 0 Å². The van der Waals surface area contributed by atoms with Gasteiger partial charge in [0.05, 0.1) is 26.2 Å². The Hall–Kier alpha value is -1.79. The number of rotatable bonds is 3. The minimum absolute atomic E-state index is 0.0732. The fourth-order valence-electron chi connectivity index (χ4n) is 3.18. The van der Waals surface area contributed by atoms with Crippen LogP contribution >= 0.6 is 0 Å². The maximum absolute atomic E-state index is 11.5. The fourth-order valence-corrected chi connectivity index (χ4v) is 3.18. The first-order valence-corrected chi connectivity index (χ1v) is 7.01. The molecule has 0 radical (unpaired) electrons. The predicted octanol–water partition coefficient (Wildman–Crippen LogP) is 0.826. The molecule has 114 valence electrons. The van der Waals surface area contributed by atoms with Crippen molar-refractivity contribution in [3.05, 3.63) is 23.8 Å². The fraction of sp³-hybridized carbons (Fsp3) is 0.533. The highest BCUT2D eigenvalue weighted by Crippen LogP contribution is 2.46. The van der Waals surface area contributed by atoms with E-state index < -0.39 is 6.10 Å². The second-order valence-electron chi connectivity index (χ2n) is 5.48. The molecule has 2 aliphatic heterocycles. The summed E-state index contributed by atoms with van der Waals surface area (Å²) in [4.78, 5) is 11.5. The lowest BCUT2D eigenvalue weighted by molar-refractivity contribution is -0.156. The largest absolute Gasteiger partial charge is 0.487 e. The monoisotopic (exact) mass is 293 g/mol. The molecule has 0 bridgehead atoms. The number of methoxy groups -OCH3 is 1. The summed E-state index contributed by atoms with van der Waals surface area (Å²) in [5, 5.41) is 9.53. The average molecular weight is 293 g/mol. The number of hydrogen-bond donors (Lipinski definition) is 2. The lowest BCUT2D eigenvalue weighted by atomic mass is 9.84. The average Bonchev–Trinajstić information content (AvgIpc) is 2.84. The van der Waals surface area contributed by atoms with E-state index >= 15 is 0 Å². The lowest BCUT2D eigenvalue weighted by Gasteiger charge is -2.36. The van der Waals surface area contributed by atoms with Crippen molar-refractivity contribution >= 4 is 11.7 Å². The van der Waals surface area contributed by atoms with E-state index in [0.29, 0.717) is 12.1 Å². The van der Waals surface area contributed by atoms with Crippen molar-refractivity contribution < 1.29 is 24.1 Å². The van der Waals surface area contributed by atoms with Gasteiger partial charge in [-0.1, -0.05) is 0 Å². The summed E-state index contributed by atoms with van der Waals surface area (Å²) in [6.45, 7) is -0.150.